The van der Waals surface area contributed by atoms with Crippen molar-refractivity contribution >= 4 is 5.97 Å². The number of ether oxygens (including phenoxy) is 1. The van der Waals surface area contributed by atoms with Gasteiger partial charge in [0.25, 0.3) is 0 Å². The van der Waals surface area contributed by atoms with E-state index in [1.54, 1.807) is 32.1 Å². The van der Waals surface area contributed by atoms with Gasteiger partial charge in [-0.2, -0.15) is 0 Å². The Morgan fingerprint density at radius 1 is 1.40 bits per heavy atom. The molecule has 0 aliphatic rings. The minimum Gasteiger partial charge on any atom is -0.434 e. The number of carbonyl (C=O) groups is 1. The number of esters is 1. The molecule has 1 aromatic carbocycles. The van der Waals surface area contributed by atoms with Crippen molar-refractivity contribution in [3.63, 3.8) is 0 Å². The lowest BCUT2D eigenvalue weighted by Crippen LogP contribution is -2.10. The van der Waals surface area contributed by atoms with Crippen LogP contribution in [-0.2, 0) is 9.53 Å². The molecule has 0 saturated heterocycles. The van der Waals surface area contributed by atoms with Crippen molar-refractivity contribution in [2.75, 3.05) is 0 Å². The number of benzene rings is 1. The Kier molecular flexibility index (Phi) is 4.03. The van der Waals surface area contributed by atoms with E-state index in [-0.39, 0.29) is 17.7 Å². The molecule has 0 heterocycles. The number of rotatable bonds is 3. The van der Waals surface area contributed by atoms with Gasteiger partial charge in [0.1, 0.15) is 5.82 Å². The van der Waals surface area contributed by atoms with Crippen LogP contribution in [0.25, 0.3) is 0 Å². The van der Waals surface area contributed by atoms with Gasteiger partial charge in [-0.1, -0.05) is 18.2 Å². The highest BCUT2D eigenvalue weighted by Gasteiger charge is 2.15. The lowest BCUT2D eigenvalue weighted by atomic mass is 10.0. The Morgan fingerprint density at radius 3 is 2.53 bits per heavy atom. The van der Waals surface area contributed by atoms with E-state index in [1.807, 2.05) is 0 Å². The topological polar surface area (TPSA) is 26.3 Å². The predicted octanol–water partition coefficient (Wildman–Crippen LogP) is 3.01. The summed E-state index contributed by atoms with van der Waals surface area (Å²) in [5.74, 6) is -1.05. The van der Waals surface area contributed by atoms with E-state index < -0.39 is 0 Å². The van der Waals surface area contributed by atoms with Crippen LogP contribution in [0.15, 0.2) is 36.6 Å². The van der Waals surface area contributed by atoms with Gasteiger partial charge in [-0.3, -0.25) is 4.79 Å². The molecule has 80 valence electrons. The summed E-state index contributed by atoms with van der Waals surface area (Å²) in [6.45, 7) is 3.48. The summed E-state index contributed by atoms with van der Waals surface area (Å²) in [6.07, 6.45) is 2.97. The van der Waals surface area contributed by atoms with Crippen LogP contribution in [0.5, 0.6) is 0 Å². The number of halogens is 1. The largest absolute Gasteiger partial charge is 0.434 e. The highest BCUT2D eigenvalue weighted by atomic mass is 19.1. The monoisotopic (exact) mass is 208 g/mol. The van der Waals surface area contributed by atoms with Crippen molar-refractivity contribution in [3.05, 3.63) is 48.0 Å². The van der Waals surface area contributed by atoms with Crippen molar-refractivity contribution < 1.29 is 13.9 Å². The summed E-state index contributed by atoms with van der Waals surface area (Å²) in [5.41, 5.74) is 0.742. The second-order valence-corrected chi connectivity index (χ2v) is 3.18. The molecule has 0 spiro atoms. The maximum Gasteiger partial charge on any atom is 0.317 e. The van der Waals surface area contributed by atoms with E-state index in [9.17, 15) is 9.18 Å². The van der Waals surface area contributed by atoms with Gasteiger partial charge in [-0.25, -0.2) is 4.39 Å². The van der Waals surface area contributed by atoms with Crippen molar-refractivity contribution in [1.29, 1.82) is 0 Å². The van der Waals surface area contributed by atoms with Crippen LogP contribution >= 0.6 is 0 Å². The SMILES string of the molecule is CC=COC(=O)C(C)c1ccc(F)cc1. The zero-order chi connectivity index (χ0) is 11.3. The molecule has 0 amide bonds. The first-order valence-corrected chi connectivity index (χ1v) is 4.72. The number of hydrogen-bond donors (Lipinski definition) is 0. The Hall–Kier alpha value is -1.64. The third-order valence-corrected chi connectivity index (χ3v) is 2.04. The molecule has 1 unspecified atom stereocenters. The molecular weight excluding hydrogens is 195 g/mol. The van der Waals surface area contributed by atoms with Gasteiger partial charge in [0.15, 0.2) is 0 Å². The molecule has 3 heteroatoms. The van der Waals surface area contributed by atoms with Crippen molar-refractivity contribution in [2.24, 2.45) is 0 Å². The molecule has 0 fully saturated rings. The van der Waals surface area contributed by atoms with E-state index in [4.69, 9.17) is 4.74 Å². The van der Waals surface area contributed by atoms with Crippen LogP contribution in [0, 0.1) is 5.82 Å². The molecule has 0 aromatic heterocycles. The Morgan fingerprint density at radius 2 is 2.00 bits per heavy atom. The van der Waals surface area contributed by atoms with Crippen LogP contribution in [0.1, 0.15) is 25.3 Å². The van der Waals surface area contributed by atoms with Gasteiger partial charge in [0.2, 0.25) is 0 Å². The number of allylic oxidation sites excluding steroid dienone is 1. The average Bonchev–Trinajstić information content (AvgIpc) is 2.26. The quantitative estimate of drug-likeness (QED) is 0.563. The molecule has 1 aromatic rings. The van der Waals surface area contributed by atoms with Gasteiger partial charge < -0.3 is 4.74 Å². The van der Waals surface area contributed by atoms with Crippen molar-refractivity contribution in [1.82, 2.24) is 0 Å². The lowest BCUT2D eigenvalue weighted by molar-refractivity contribution is -0.139. The second kappa shape index (κ2) is 5.29. The van der Waals surface area contributed by atoms with Gasteiger partial charge in [0.05, 0.1) is 12.2 Å². The molecule has 2 nitrogen and oxygen atoms in total. The molecular formula is C12H13FO2. The van der Waals surface area contributed by atoms with Gasteiger partial charge in [0, 0.05) is 0 Å². The van der Waals surface area contributed by atoms with E-state index >= 15 is 0 Å². The Labute approximate surface area is 88.4 Å². The first kappa shape index (κ1) is 11.4. The molecule has 15 heavy (non-hydrogen) atoms. The number of hydrogen-bond acceptors (Lipinski definition) is 2. The summed E-state index contributed by atoms with van der Waals surface area (Å²) in [7, 11) is 0. The fraction of sp³-hybridized carbons (Fsp3) is 0.250. The highest BCUT2D eigenvalue weighted by Crippen LogP contribution is 2.17. The van der Waals surface area contributed by atoms with E-state index in [2.05, 4.69) is 0 Å². The molecule has 1 rings (SSSR count). The normalized spacial score (nSPS) is 12.7. The van der Waals surface area contributed by atoms with E-state index in [1.165, 1.54) is 18.4 Å². The van der Waals surface area contributed by atoms with Crippen LogP contribution in [-0.4, -0.2) is 5.97 Å². The van der Waals surface area contributed by atoms with Crippen LogP contribution in [0.4, 0.5) is 4.39 Å². The lowest BCUT2D eigenvalue weighted by Gasteiger charge is -2.08. The van der Waals surface area contributed by atoms with E-state index in [0.29, 0.717) is 0 Å². The maximum atomic E-state index is 12.6. The number of carbonyl (C=O) groups excluding carboxylic acids is 1. The van der Waals surface area contributed by atoms with Gasteiger partial charge >= 0.3 is 5.97 Å². The molecule has 0 aliphatic heterocycles. The Bertz CT molecular complexity index is 354. The zero-order valence-corrected chi connectivity index (χ0v) is 8.74. The van der Waals surface area contributed by atoms with Crippen LogP contribution in [0.3, 0.4) is 0 Å². The highest BCUT2D eigenvalue weighted by molar-refractivity contribution is 5.78. The summed E-state index contributed by atoms with van der Waals surface area (Å²) in [4.78, 5) is 11.4. The maximum absolute atomic E-state index is 12.6. The molecule has 0 aliphatic carbocycles. The second-order valence-electron chi connectivity index (χ2n) is 3.18. The fourth-order valence-corrected chi connectivity index (χ4v) is 1.12. The first-order chi connectivity index (χ1) is 7.15. The first-order valence-electron chi connectivity index (χ1n) is 4.72. The standard InChI is InChI=1S/C12H13FO2/c1-3-8-15-12(14)9(2)10-4-6-11(13)7-5-10/h3-9H,1-2H3. The molecule has 0 radical (unpaired) electrons. The molecule has 1 atom stereocenters. The van der Waals surface area contributed by atoms with Gasteiger partial charge in [-0.05, 0) is 31.5 Å². The summed E-state index contributed by atoms with van der Waals surface area (Å²) in [5, 5.41) is 0. The fourth-order valence-electron chi connectivity index (χ4n) is 1.12. The van der Waals surface area contributed by atoms with Gasteiger partial charge in [-0.15, -0.1) is 0 Å². The van der Waals surface area contributed by atoms with Crippen molar-refractivity contribution in [2.45, 2.75) is 19.8 Å². The molecule has 0 N–H and O–H groups in total. The molecule has 0 saturated carbocycles. The van der Waals surface area contributed by atoms with E-state index in [0.717, 1.165) is 5.56 Å². The third-order valence-electron chi connectivity index (χ3n) is 2.04. The average molecular weight is 208 g/mol. The summed E-state index contributed by atoms with van der Waals surface area (Å²) >= 11 is 0. The predicted molar refractivity (Wildman–Crippen MR) is 55.7 cm³/mol. The van der Waals surface area contributed by atoms with Crippen LogP contribution < -0.4 is 0 Å². The molecule has 0 bridgehead atoms. The summed E-state index contributed by atoms with van der Waals surface area (Å²) < 4.78 is 17.5. The smallest absolute Gasteiger partial charge is 0.317 e. The Balaban J connectivity index is 2.71. The minimum absolute atomic E-state index is 0.312. The van der Waals surface area contributed by atoms with Crippen LogP contribution in [0.2, 0.25) is 0 Å². The minimum atomic E-state index is -0.387. The third kappa shape index (κ3) is 3.20. The van der Waals surface area contributed by atoms with Crippen molar-refractivity contribution in [3.8, 4) is 0 Å². The summed E-state index contributed by atoms with van der Waals surface area (Å²) in [6, 6.07) is 5.82. The zero-order valence-electron chi connectivity index (χ0n) is 8.74.